The Balaban J connectivity index is 1.49. The minimum atomic E-state index is -0.632. The minimum Gasteiger partial charge on any atom is -0.492 e. The Morgan fingerprint density at radius 3 is 2.52 bits per heavy atom. The molecule has 0 radical (unpaired) electrons. The molecule has 0 spiro atoms. The normalized spacial score (nSPS) is 16.2. The third-order valence-corrected chi connectivity index (χ3v) is 7.80. The number of hydrogen-bond acceptors (Lipinski definition) is 10. The van der Waals surface area contributed by atoms with E-state index in [1.807, 2.05) is 58.0 Å². The number of hydrogen-bond donors (Lipinski definition) is 2. The van der Waals surface area contributed by atoms with Crippen molar-refractivity contribution in [1.82, 2.24) is 19.7 Å². The molecule has 1 fully saturated rings. The van der Waals surface area contributed by atoms with Gasteiger partial charge in [0.15, 0.2) is 18.1 Å². The largest absolute Gasteiger partial charge is 0.492 e. The van der Waals surface area contributed by atoms with Gasteiger partial charge < -0.3 is 34.5 Å². The van der Waals surface area contributed by atoms with Gasteiger partial charge in [-0.1, -0.05) is 36.9 Å². The minimum absolute atomic E-state index is 0.115. The van der Waals surface area contributed by atoms with Crippen LogP contribution in [0.15, 0.2) is 58.9 Å². The van der Waals surface area contributed by atoms with Crippen LogP contribution >= 0.6 is 11.8 Å². The molecule has 3 heterocycles. The molecule has 1 aromatic heterocycles. The number of amides is 2. The summed E-state index contributed by atoms with van der Waals surface area (Å²) in [7, 11) is 0. The summed E-state index contributed by atoms with van der Waals surface area (Å²) in [6, 6.07) is 12.2. The van der Waals surface area contributed by atoms with Gasteiger partial charge in [0.25, 0.3) is 11.8 Å². The van der Waals surface area contributed by atoms with E-state index >= 15 is 0 Å². The Kier molecular flexibility index (Phi) is 10.3. The first-order chi connectivity index (χ1) is 21.4. The lowest BCUT2D eigenvalue weighted by molar-refractivity contribution is -0.137. The maximum absolute atomic E-state index is 14.0. The third kappa shape index (κ3) is 6.94. The van der Waals surface area contributed by atoms with Crippen LogP contribution in [-0.4, -0.2) is 83.4 Å². The van der Waals surface area contributed by atoms with E-state index in [-0.39, 0.29) is 18.4 Å². The molecule has 5 rings (SSSR count). The van der Waals surface area contributed by atoms with Crippen molar-refractivity contribution >= 4 is 35.2 Å². The smallest absolute Gasteiger partial charge is 0.260 e. The molecule has 2 aromatic carbocycles. The number of thioether (sulfide) groups is 1. The number of carbonyl (C=O) groups excluding carboxylic acids is 2. The van der Waals surface area contributed by atoms with Crippen LogP contribution in [0, 0.1) is 0 Å². The number of morpholine rings is 1. The van der Waals surface area contributed by atoms with Gasteiger partial charge in [0, 0.05) is 18.8 Å². The van der Waals surface area contributed by atoms with E-state index < -0.39 is 6.04 Å². The SMILES string of the molecule is CCOc1ccccc1NC(=O)C1=C(C)Nc2nc(SCC)nn2C1c1ccc(OCC(=O)N2CCOCC2)c(OCC)c1. The molecule has 2 aliphatic heterocycles. The second kappa shape index (κ2) is 14.5. The predicted octanol–water partition coefficient (Wildman–Crippen LogP) is 4.35. The van der Waals surface area contributed by atoms with E-state index in [0.29, 0.717) is 84.8 Å². The highest BCUT2D eigenvalue weighted by Gasteiger charge is 2.35. The highest BCUT2D eigenvalue weighted by atomic mass is 32.2. The van der Waals surface area contributed by atoms with Crippen LogP contribution in [0.1, 0.15) is 39.3 Å². The topological polar surface area (TPSA) is 129 Å². The van der Waals surface area contributed by atoms with Crippen molar-refractivity contribution < 1.29 is 28.5 Å². The standard InChI is InChI=1S/C31H38N6O6S/c1-5-41-23-11-9-8-10-22(23)33-29(39)27-20(4)32-30-34-31(44-7-3)35-37(30)28(27)21-12-13-24(25(18-21)42-6-2)43-19-26(38)36-14-16-40-17-15-36/h8-13,18,28H,5-7,14-17,19H2,1-4H3,(H,33,39)(H,32,34,35). The van der Waals surface area contributed by atoms with Gasteiger partial charge in [-0.15, -0.1) is 5.10 Å². The molecule has 2 N–H and O–H groups in total. The zero-order chi connectivity index (χ0) is 31.1. The summed E-state index contributed by atoms with van der Waals surface area (Å²) in [5, 5.41) is 11.7. The molecular formula is C31H38N6O6S. The molecule has 1 saturated heterocycles. The number of nitrogens with one attached hydrogen (secondary N) is 2. The molecule has 0 saturated carbocycles. The summed E-state index contributed by atoms with van der Waals surface area (Å²) in [4.78, 5) is 33.2. The van der Waals surface area contributed by atoms with Crippen LogP contribution in [-0.2, 0) is 14.3 Å². The second-order valence-electron chi connectivity index (χ2n) is 9.97. The number of ether oxygens (including phenoxy) is 4. The van der Waals surface area contributed by atoms with Crippen LogP contribution in [0.2, 0.25) is 0 Å². The van der Waals surface area contributed by atoms with Gasteiger partial charge in [-0.3, -0.25) is 9.59 Å². The monoisotopic (exact) mass is 622 g/mol. The maximum Gasteiger partial charge on any atom is 0.260 e. The summed E-state index contributed by atoms with van der Waals surface area (Å²) in [5.41, 5.74) is 2.40. The van der Waals surface area contributed by atoms with E-state index in [1.165, 1.54) is 11.8 Å². The number of rotatable bonds is 12. The van der Waals surface area contributed by atoms with Crippen LogP contribution in [0.3, 0.4) is 0 Å². The van der Waals surface area contributed by atoms with E-state index in [9.17, 15) is 9.59 Å². The third-order valence-electron chi connectivity index (χ3n) is 7.08. The van der Waals surface area contributed by atoms with E-state index in [1.54, 1.807) is 21.7 Å². The average molecular weight is 623 g/mol. The lowest BCUT2D eigenvalue weighted by Gasteiger charge is -2.29. The molecule has 1 atom stereocenters. The number of anilines is 2. The summed E-state index contributed by atoms with van der Waals surface area (Å²) in [6.45, 7) is 10.5. The first-order valence-corrected chi connectivity index (χ1v) is 15.8. The lowest BCUT2D eigenvalue weighted by atomic mass is 9.94. The van der Waals surface area contributed by atoms with Gasteiger partial charge in [-0.2, -0.15) is 4.98 Å². The van der Waals surface area contributed by atoms with Crippen molar-refractivity contribution in [1.29, 1.82) is 0 Å². The van der Waals surface area contributed by atoms with Gasteiger partial charge >= 0.3 is 0 Å². The molecule has 234 valence electrons. The molecule has 1 unspecified atom stereocenters. The fourth-order valence-electron chi connectivity index (χ4n) is 5.09. The Bertz CT molecular complexity index is 1520. The van der Waals surface area contributed by atoms with Gasteiger partial charge in [-0.05, 0) is 56.4 Å². The van der Waals surface area contributed by atoms with Crippen molar-refractivity contribution in [2.24, 2.45) is 0 Å². The molecule has 44 heavy (non-hydrogen) atoms. The molecule has 2 aliphatic rings. The molecule has 12 nitrogen and oxygen atoms in total. The Morgan fingerprint density at radius 1 is 1.02 bits per heavy atom. The Morgan fingerprint density at radius 2 is 1.77 bits per heavy atom. The van der Waals surface area contributed by atoms with E-state index in [2.05, 4.69) is 15.6 Å². The molecule has 2 amide bonds. The van der Waals surface area contributed by atoms with Crippen LogP contribution in [0.5, 0.6) is 17.2 Å². The van der Waals surface area contributed by atoms with Gasteiger partial charge in [-0.25, -0.2) is 4.68 Å². The van der Waals surface area contributed by atoms with Crippen molar-refractivity contribution in [3.8, 4) is 17.2 Å². The number of fused-ring (bicyclic) bond motifs is 1. The van der Waals surface area contributed by atoms with Crippen molar-refractivity contribution in [2.75, 3.05) is 62.5 Å². The van der Waals surface area contributed by atoms with Crippen molar-refractivity contribution in [3.63, 3.8) is 0 Å². The van der Waals surface area contributed by atoms with Crippen LogP contribution in [0.4, 0.5) is 11.6 Å². The van der Waals surface area contributed by atoms with Crippen molar-refractivity contribution in [3.05, 3.63) is 59.3 Å². The number of para-hydroxylation sites is 2. The number of benzene rings is 2. The average Bonchev–Trinajstić information content (AvgIpc) is 3.43. The zero-order valence-electron chi connectivity index (χ0n) is 25.4. The second-order valence-corrected chi connectivity index (χ2v) is 11.2. The fourth-order valence-corrected chi connectivity index (χ4v) is 5.65. The Labute approximate surface area is 261 Å². The molecule has 3 aromatic rings. The summed E-state index contributed by atoms with van der Waals surface area (Å²) >= 11 is 1.51. The summed E-state index contributed by atoms with van der Waals surface area (Å²) in [6.07, 6.45) is 0. The Hall–Kier alpha value is -4.23. The van der Waals surface area contributed by atoms with E-state index in [0.717, 1.165) is 11.3 Å². The number of nitrogens with zero attached hydrogens (tertiary/aromatic N) is 4. The summed E-state index contributed by atoms with van der Waals surface area (Å²) < 4.78 is 24.7. The highest BCUT2D eigenvalue weighted by Crippen LogP contribution is 2.40. The predicted molar refractivity (Wildman–Crippen MR) is 168 cm³/mol. The lowest BCUT2D eigenvalue weighted by Crippen LogP contribution is -2.43. The zero-order valence-corrected chi connectivity index (χ0v) is 26.2. The molecular weight excluding hydrogens is 584 g/mol. The molecule has 0 bridgehead atoms. The molecule has 13 heteroatoms. The van der Waals surface area contributed by atoms with Crippen molar-refractivity contribution in [2.45, 2.75) is 38.9 Å². The van der Waals surface area contributed by atoms with Gasteiger partial charge in [0.2, 0.25) is 11.1 Å². The first-order valence-electron chi connectivity index (χ1n) is 14.8. The summed E-state index contributed by atoms with van der Waals surface area (Å²) in [5.74, 6) is 2.38. The fraction of sp³-hybridized carbons (Fsp3) is 0.419. The van der Waals surface area contributed by atoms with Crippen LogP contribution in [0.25, 0.3) is 0 Å². The molecule has 0 aliphatic carbocycles. The van der Waals surface area contributed by atoms with Crippen LogP contribution < -0.4 is 24.8 Å². The highest BCUT2D eigenvalue weighted by molar-refractivity contribution is 7.99. The van der Waals surface area contributed by atoms with E-state index in [4.69, 9.17) is 24.0 Å². The number of carbonyl (C=O) groups is 2. The maximum atomic E-state index is 14.0. The van der Waals surface area contributed by atoms with Gasteiger partial charge in [0.1, 0.15) is 11.8 Å². The van der Waals surface area contributed by atoms with Gasteiger partial charge in [0.05, 0.1) is 37.7 Å². The number of aromatic nitrogens is 3. The number of allylic oxidation sites excluding steroid dienone is 1. The quantitative estimate of drug-likeness (QED) is 0.281. The first kappa shape index (κ1) is 31.2.